The molecular formula is C13H10BrN5O. The van der Waals surface area contributed by atoms with Gasteiger partial charge in [-0.25, -0.2) is 4.98 Å². The number of amides is 1. The zero-order valence-corrected chi connectivity index (χ0v) is 11.9. The molecule has 0 saturated carbocycles. The Kier molecular flexibility index (Phi) is 3.42. The minimum atomic E-state index is -0.211. The SMILES string of the molecule is O=C(NCc1nnc2ccccn12)c1cccnc1Br. The summed E-state index contributed by atoms with van der Waals surface area (Å²) in [5, 5.41) is 10.9. The molecule has 7 heteroatoms. The molecule has 0 saturated heterocycles. The van der Waals surface area contributed by atoms with E-state index in [9.17, 15) is 4.79 Å². The summed E-state index contributed by atoms with van der Waals surface area (Å²) in [7, 11) is 0. The lowest BCUT2D eigenvalue weighted by Gasteiger charge is -2.05. The normalized spacial score (nSPS) is 10.7. The van der Waals surface area contributed by atoms with Gasteiger partial charge in [-0.05, 0) is 40.2 Å². The van der Waals surface area contributed by atoms with Crippen LogP contribution in [-0.4, -0.2) is 25.5 Å². The highest BCUT2D eigenvalue weighted by Crippen LogP contribution is 2.12. The van der Waals surface area contributed by atoms with Crippen LogP contribution in [-0.2, 0) is 6.54 Å². The van der Waals surface area contributed by atoms with Crippen molar-refractivity contribution in [2.24, 2.45) is 0 Å². The molecule has 3 aromatic heterocycles. The van der Waals surface area contributed by atoms with Gasteiger partial charge in [0, 0.05) is 12.4 Å². The van der Waals surface area contributed by atoms with E-state index in [1.807, 2.05) is 28.8 Å². The summed E-state index contributed by atoms with van der Waals surface area (Å²) < 4.78 is 2.35. The van der Waals surface area contributed by atoms with E-state index in [0.717, 1.165) is 5.65 Å². The first-order valence-electron chi connectivity index (χ1n) is 5.93. The number of aromatic nitrogens is 4. The molecule has 1 amide bonds. The first kappa shape index (κ1) is 12.7. The van der Waals surface area contributed by atoms with Gasteiger partial charge in [0.1, 0.15) is 4.60 Å². The van der Waals surface area contributed by atoms with E-state index >= 15 is 0 Å². The van der Waals surface area contributed by atoms with Crippen molar-refractivity contribution in [3.8, 4) is 0 Å². The Bertz CT molecular complexity index is 770. The average Bonchev–Trinajstić information content (AvgIpc) is 2.88. The number of nitrogens with zero attached hydrogens (tertiary/aromatic N) is 4. The largest absolute Gasteiger partial charge is 0.345 e. The van der Waals surface area contributed by atoms with Gasteiger partial charge in [0.15, 0.2) is 11.5 Å². The van der Waals surface area contributed by atoms with Crippen molar-refractivity contribution in [2.45, 2.75) is 6.54 Å². The number of carbonyl (C=O) groups excluding carboxylic acids is 1. The monoisotopic (exact) mass is 331 g/mol. The predicted molar refractivity (Wildman–Crippen MR) is 76.1 cm³/mol. The molecular weight excluding hydrogens is 322 g/mol. The smallest absolute Gasteiger partial charge is 0.254 e. The van der Waals surface area contributed by atoms with Crippen molar-refractivity contribution in [3.63, 3.8) is 0 Å². The molecule has 0 aromatic carbocycles. The second-order valence-corrected chi connectivity index (χ2v) is 4.82. The van der Waals surface area contributed by atoms with Gasteiger partial charge in [0.25, 0.3) is 5.91 Å². The Morgan fingerprint density at radius 1 is 1.25 bits per heavy atom. The van der Waals surface area contributed by atoms with Crippen LogP contribution in [0.2, 0.25) is 0 Å². The Labute approximate surface area is 123 Å². The van der Waals surface area contributed by atoms with Gasteiger partial charge in [-0.3, -0.25) is 9.20 Å². The summed E-state index contributed by atoms with van der Waals surface area (Å²) in [4.78, 5) is 16.1. The van der Waals surface area contributed by atoms with Crippen LogP contribution < -0.4 is 5.32 Å². The third-order valence-electron chi connectivity index (χ3n) is 2.80. The van der Waals surface area contributed by atoms with Crippen LogP contribution in [0.15, 0.2) is 47.3 Å². The lowest BCUT2D eigenvalue weighted by atomic mass is 10.3. The predicted octanol–water partition coefficient (Wildman–Crippen LogP) is 1.82. The molecule has 0 fully saturated rings. The summed E-state index contributed by atoms with van der Waals surface area (Å²) in [5.74, 6) is 0.464. The summed E-state index contributed by atoms with van der Waals surface area (Å²) in [6, 6.07) is 9.05. The first-order valence-corrected chi connectivity index (χ1v) is 6.72. The second kappa shape index (κ2) is 5.38. The number of halogens is 1. The van der Waals surface area contributed by atoms with E-state index < -0.39 is 0 Å². The number of nitrogens with one attached hydrogen (secondary N) is 1. The Balaban J connectivity index is 1.77. The van der Waals surface area contributed by atoms with E-state index in [1.165, 1.54) is 0 Å². The fraction of sp³-hybridized carbons (Fsp3) is 0.0769. The summed E-state index contributed by atoms with van der Waals surface area (Å²) in [5.41, 5.74) is 1.24. The Morgan fingerprint density at radius 3 is 3.00 bits per heavy atom. The molecule has 0 unspecified atom stereocenters. The van der Waals surface area contributed by atoms with Crippen LogP contribution in [0.4, 0.5) is 0 Å². The van der Waals surface area contributed by atoms with E-state index in [0.29, 0.717) is 22.5 Å². The zero-order chi connectivity index (χ0) is 13.9. The topological polar surface area (TPSA) is 72.2 Å². The maximum Gasteiger partial charge on any atom is 0.254 e. The molecule has 3 heterocycles. The van der Waals surface area contributed by atoms with Crippen LogP contribution in [0.3, 0.4) is 0 Å². The molecule has 0 aliphatic carbocycles. The third kappa shape index (κ3) is 2.39. The highest BCUT2D eigenvalue weighted by atomic mass is 79.9. The van der Waals surface area contributed by atoms with Gasteiger partial charge < -0.3 is 5.32 Å². The van der Waals surface area contributed by atoms with Crippen molar-refractivity contribution in [3.05, 3.63) is 58.7 Å². The van der Waals surface area contributed by atoms with Crippen molar-refractivity contribution < 1.29 is 4.79 Å². The van der Waals surface area contributed by atoms with Gasteiger partial charge in [0.05, 0.1) is 12.1 Å². The van der Waals surface area contributed by atoms with Crippen molar-refractivity contribution >= 4 is 27.5 Å². The molecule has 0 radical (unpaired) electrons. The molecule has 0 aliphatic rings. The Morgan fingerprint density at radius 2 is 2.15 bits per heavy atom. The van der Waals surface area contributed by atoms with E-state index in [4.69, 9.17) is 0 Å². The maximum atomic E-state index is 12.1. The molecule has 0 bridgehead atoms. The number of fused-ring (bicyclic) bond motifs is 1. The molecule has 0 spiro atoms. The molecule has 100 valence electrons. The molecule has 3 rings (SSSR count). The van der Waals surface area contributed by atoms with Crippen LogP contribution in [0.5, 0.6) is 0 Å². The summed E-state index contributed by atoms with van der Waals surface area (Å²) in [6.07, 6.45) is 3.48. The third-order valence-corrected chi connectivity index (χ3v) is 3.43. The summed E-state index contributed by atoms with van der Waals surface area (Å²) in [6.45, 7) is 0.297. The molecule has 1 N–H and O–H groups in total. The standard InChI is InChI=1S/C13H10BrN5O/c14-12-9(4-3-6-15-12)13(20)16-8-11-18-17-10-5-1-2-7-19(10)11/h1-7H,8H2,(H,16,20). The fourth-order valence-corrected chi connectivity index (χ4v) is 2.25. The van der Waals surface area contributed by atoms with Gasteiger partial charge in [-0.15, -0.1) is 10.2 Å². The van der Waals surface area contributed by atoms with Gasteiger partial charge >= 0.3 is 0 Å². The number of rotatable bonds is 3. The van der Waals surface area contributed by atoms with Crippen LogP contribution >= 0.6 is 15.9 Å². The van der Waals surface area contributed by atoms with Gasteiger partial charge in [-0.1, -0.05) is 6.07 Å². The molecule has 20 heavy (non-hydrogen) atoms. The molecule has 0 atom stereocenters. The number of hydrogen-bond acceptors (Lipinski definition) is 4. The van der Waals surface area contributed by atoms with Crippen molar-refractivity contribution in [1.29, 1.82) is 0 Å². The van der Waals surface area contributed by atoms with E-state index in [2.05, 4.69) is 36.4 Å². The van der Waals surface area contributed by atoms with E-state index in [1.54, 1.807) is 18.3 Å². The fourth-order valence-electron chi connectivity index (χ4n) is 1.82. The van der Waals surface area contributed by atoms with Crippen LogP contribution in [0, 0.1) is 0 Å². The highest BCUT2D eigenvalue weighted by molar-refractivity contribution is 9.10. The van der Waals surface area contributed by atoms with Gasteiger partial charge in [0.2, 0.25) is 0 Å². The molecule has 6 nitrogen and oxygen atoms in total. The minimum absolute atomic E-state index is 0.211. The highest BCUT2D eigenvalue weighted by Gasteiger charge is 2.11. The second-order valence-electron chi connectivity index (χ2n) is 4.07. The minimum Gasteiger partial charge on any atom is -0.345 e. The zero-order valence-electron chi connectivity index (χ0n) is 10.3. The lowest BCUT2D eigenvalue weighted by molar-refractivity contribution is 0.0948. The van der Waals surface area contributed by atoms with Crippen LogP contribution in [0.1, 0.15) is 16.2 Å². The average molecular weight is 332 g/mol. The lowest BCUT2D eigenvalue weighted by Crippen LogP contribution is -2.24. The molecule has 3 aromatic rings. The number of carbonyl (C=O) groups is 1. The Hall–Kier alpha value is -2.28. The number of pyridine rings is 2. The van der Waals surface area contributed by atoms with Crippen molar-refractivity contribution in [1.82, 2.24) is 24.9 Å². The van der Waals surface area contributed by atoms with Crippen molar-refractivity contribution in [2.75, 3.05) is 0 Å². The number of hydrogen-bond donors (Lipinski definition) is 1. The molecule has 0 aliphatic heterocycles. The quantitative estimate of drug-likeness (QED) is 0.743. The van der Waals surface area contributed by atoms with E-state index in [-0.39, 0.29) is 5.91 Å². The maximum absolute atomic E-state index is 12.1. The van der Waals surface area contributed by atoms with Crippen LogP contribution in [0.25, 0.3) is 5.65 Å². The van der Waals surface area contributed by atoms with Gasteiger partial charge in [-0.2, -0.15) is 0 Å². The summed E-state index contributed by atoms with van der Waals surface area (Å²) >= 11 is 3.25. The first-order chi connectivity index (χ1) is 9.75.